The molecule has 0 unspecified atom stereocenters. The van der Waals surface area contributed by atoms with Crippen LogP contribution in [0.15, 0.2) is 30.3 Å². The summed E-state index contributed by atoms with van der Waals surface area (Å²) in [4.78, 5) is 0. The zero-order valence-corrected chi connectivity index (χ0v) is 8.78. The summed E-state index contributed by atoms with van der Waals surface area (Å²) in [5.41, 5.74) is 6.96. The Balaban J connectivity index is 0.000000980. The van der Waals surface area contributed by atoms with Crippen LogP contribution in [-0.2, 0) is 0 Å². The molecule has 1 aliphatic rings. The summed E-state index contributed by atoms with van der Waals surface area (Å²) in [6.07, 6.45) is 1.89. The van der Waals surface area contributed by atoms with Crippen molar-refractivity contribution < 1.29 is 5.11 Å². The van der Waals surface area contributed by atoms with Crippen molar-refractivity contribution in [1.82, 2.24) is 0 Å². The Morgan fingerprint density at radius 3 is 2.29 bits per heavy atom. The normalized spacial score (nSPS) is 19.6. The van der Waals surface area contributed by atoms with E-state index in [-0.39, 0.29) is 24.6 Å². The van der Waals surface area contributed by atoms with Gasteiger partial charge in [0.15, 0.2) is 0 Å². The van der Waals surface area contributed by atoms with Crippen LogP contribution in [0.1, 0.15) is 24.4 Å². The molecule has 0 saturated heterocycles. The fourth-order valence-corrected chi connectivity index (χ4v) is 1.60. The summed E-state index contributed by atoms with van der Waals surface area (Å²) in [5, 5.41) is 9.79. The van der Waals surface area contributed by atoms with Gasteiger partial charge in [0, 0.05) is 0 Å². The molecule has 78 valence electrons. The molecule has 1 aromatic carbocycles. The van der Waals surface area contributed by atoms with E-state index in [0.717, 1.165) is 18.4 Å². The van der Waals surface area contributed by atoms with Crippen molar-refractivity contribution in [2.45, 2.75) is 25.0 Å². The number of hydrogen-bond donors (Lipinski definition) is 2. The van der Waals surface area contributed by atoms with Gasteiger partial charge in [0.05, 0.1) is 12.1 Å². The molecular formula is C11H16ClNO. The van der Waals surface area contributed by atoms with Crippen LogP contribution in [0, 0.1) is 5.92 Å². The fourth-order valence-electron chi connectivity index (χ4n) is 1.60. The van der Waals surface area contributed by atoms with Crippen LogP contribution in [0.2, 0.25) is 0 Å². The third-order valence-corrected chi connectivity index (χ3v) is 2.66. The molecule has 2 rings (SSSR count). The molecule has 3 N–H and O–H groups in total. The molecule has 0 radical (unpaired) electrons. The van der Waals surface area contributed by atoms with Crippen LogP contribution in [0.3, 0.4) is 0 Å². The summed E-state index contributed by atoms with van der Waals surface area (Å²) in [5.74, 6) is 0.440. The van der Waals surface area contributed by atoms with E-state index in [4.69, 9.17) is 5.73 Å². The largest absolute Gasteiger partial charge is 0.391 e. The zero-order valence-electron chi connectivity index (χ0n) is 7.97. The van der Waals surface area contributed by atoms with E-state index in [2.05, 4.69) is 0 Å². The van der Waals surface area contributed by atoms with Crippen LogP contribution in [0.5, 0.6) is 0 Å². The average Bonchev–Trinajstić information content (AvgIpc) is 3.00. The molecule has 0 heterocycles. The molecule has 2 atom stereocenters. The van der Waals surface area contributed by atoms with E-state index in [1.807, 2.05) is 30.3 Å². The molecule has 0 amide bonds. The second kappa shape index (κ2) is 4.78. The highest BCUT2D eigenvalue weighted by Crippen LogP contribution is 2.36. The topological polar surface area (TPSA) is 46.2 Å². The first kappa shape index (κ1) is 11.5. The van der Waals surface area contributed by atoms with Gasteiger partial charge in [0.25, 0.3) is 0 Å². The summed E-state index contributed by atoms with van der Waals surface area (Å²) < 4.78 is 0. The highest BCUT2D eigenvalue weighted by Gasteiger charge is 2.33. The maximum Gasteiger partial charge on any atom is 0.0760 e. The number of aliphatic hydroxyl groups is 1. The van der Waals surface area contributed by atoms with Crippen molar-refractivity contribution in [3.63, 3.8) is 0 Å². The van der Waals surface area contributed by atoms with Gasteiger partial charge < -0.3 is 10.8 Å². The minimum Gasteiger partial charge on any atom is -0.391 e. The molecule has 1 aliphatic carbocycles. The van der Waals surface area contributed by atoms with Gasteiger partial charge in [0.1, 0.15) is 0 Å². The first-order valence-electron chi connectivity index (χ1n) is 4.77. The van der Waals surface area contributed by atoms with Crippen LogP contribution in [-0.4, -0.2) is 11.2 Å². The summed E-state index contributed by atoms with van der Waals surface area (Å²) >= 11 is 0. The summed E-state index contributed by atoms with van der Waals surface area (Å²) in [6.45, 7) is 0. The Hall–Kier alpha value is -0.570. The van der Waals surface area contributed by atoms with Crippen LogP contribution >= 0.6 is 12.4 Å². The van der Waals surface area contributed by atoms with Gasteiger partial charge in [-0.1, -0.05) is 30.3 Å². The number of halogens is 1. The Morgan fingerprint density at radius 2 is 1.79 bits per heavy atom. The molecule has 3 heteroatoms. The Labute approximate surface area is 90.5 Å². The lowest BCUT2D eigenvalue weighted by molar-refractivity contribution is 0.122. The first-order valence-corrected chi connectivity index (χ1v) is 4.77. The Kier molecular flexibility index (Phi) is 3.93. The van der Waals surface area contributed by atoms with Gasteiger partial charge in [0.2, 0.25) is 0 Å². The van der Waals surface area contributed by atoms with Crippen molar-refractivity contribution in [2.75, 3.05) is 0 Å². The quantitative estimate of drug-likeness (QED) is 0.806. The van der Waals surface area contributed by atoms with Crippen molar-refractivity contribution in [3.05, 3.63) is 35.9 Å². The second-order valence-corrected chi connectivity index (χ2v) is 3.76. The monoisotopic (exact) mass is 213 g/mol. The predicted molar refractivity (Wildman–Crippen MR) is 59.3 cm³/mol. The SMILES string of the molecule is Cl.N[C@H](c1ccccc1)[C@@H](O)C1CC1. The fraction of sp³-hybridized carbons (Fsp3) is 0.455. The van der Waals surface area contributed by atoms with E-state index in [9.17, 15) is 5.11 Å². The van der Waals surface area contributed by atoms with Gasteiger partial charge in [-0.15, -0.1) is 12.4 Å². The van der Waals surface area contributed by atoms with Gasteiger partial charge >= 0.3 is 0 Å². The molecule has 1 aromatic rings. The van der Waals surface area contributed by atoms with Gasteiger partial charge in [-0.25, -0.2) is 0 Å². The van der Waals surface area contributed by atoms with E-state index in [1.165, 1.54) is 0 Å². The molecular weight excluding hydrogens is 198 g/mol. The molecule has 1 fully saturated rings. The Bertz CT molecular complexity index is 274. The molecule has 2 nitrogen and oxygen atoms in total. The van der Waals surface area contributed by atoms with E-state index in [0.29, 0.717) is 5.92 Å². The summed E-state index contributed by atoms with van der Waals surface area (Å²) in [7, 11) is 0. The number of aliphatic hydroxyl groups excluding tert-OH is 1. The maximum atomic E-state index is 9.79. The molecule has 0 aliphatic heterocycles. The smallest absolute Gasteiger partial charge is 0.0760 e. The highest BCUT2D eigenvalue weighted by atomic mass is 35.5. The lowest BCUT2D eigenvalue weighted by Crippen LogP contribution is -2.27. The summed E-state index contributed by atoms with van der Waals surface area (Å²) in [6, 6.07) is 9.59. The lowest BCUT2D eigenvalue weighted by Gasteiger charge is -2.18. The van der Waals surface area contributed by atoms with Gasteiger partial charge in [-0.05, 0) is 24.3 Å². The average molecular weight is 214 g/mol. The number of hydrogen-bond acceptors (Lipinski definition) is 2. The minimum absolute atomic E-state index is 0. The van der Waals surface area contributed by atoms with E-state index >= 15 is 0 Å². The van der Waals surface area contributed by atoms with Crippen molar-refractivity contribution in [1.29, 1.82) is 0 Å². The maximum absolute atomic E-state index is 9.79. The van der Waals surface area contributed by atoms with Crippen molar-refractivity contribution in [2.24, 2.45) is 11.7 Å². The molecule has 0 aromatic heterocycles. The van der Waals surface area contributed by atoms with Crippen molar-refractivity contribution in [3.8, 4) is 0 Å². The second-order valence-electron chi connectivity index (χ2n) is 3.76. The third kappa shape index (κ3) is 2.47. The van der Waals surface area contributed by atoms with Crippen molar-refractivity contribution >= 4 is 12.4 Å². The number of rotatable bonds is 3. The molecule has 0 bridgehead atoms. The lowest BCUT2D eigenvalue weighted by atomic mass is 9.99. The van der Waals surface area contributed by atoms with Crippen LogP contribution < -0.4 is 5.73 Å². The standard InChI is InChI=1S/C11H15NO.ClH/c12-10(11(13)9-6-7-9)8-4-2-1-3-5-8;/h1-5,9-11,13H,6-7,12H2;1H/t10-,11+;/m1./s1. The van der Waals surface area contributed by atoms with Crippen LogP contribution in [0.25, 0.3) is 0 Å². The van der Waals surface area contributed by atoms with Gasteiger partial charge in [-0.3, -0.25) is 0 Å². The first-order chi connectivity index (χ1) is 6.29. The number of benzene rings is 1. The third-order valence-electron chi connectivity index (χ3n) is 2.66. The Morgan fingerprint density at radius 1 is 1.21 bits per heavy atom. The minimum atomic E-state index is -0.359. The molecule has 0 spiro atoms. The molecule has 14 heavy (non-hydrogen) atoms. The van der Waals surface area contributed by atoms with Gasteiger partial charge in [-0.2, -0.15) is 0 Å². The van der Waals surface area contributed by atoms with E-state index < -0.39 is 0 Å². The van der Waals surface area contributed by atoms with E-state index in [1.54, 1.807) is 0 Å². The highest BCUT2D eigenvalue weighted by molar-refractivity contribution is 5.85. The van der Waals surface area contributed by atoms with Crippen LogP contribution in [0.4, 0.5) is 0 Å². The molecule has 1 saturated carbocycles. The number of nitrogens with two attached hydrogens (primary N) is 1. The predicted octanol–water partition coefficient (Wildman–Crippen LogP) is 1.88. The zero-order chi connectivity index (χ0) is 9.26.